The molecule has 4 amide bonds. The van der Waals surface area contributed by atoms with E-state index in [1.807, 2.05) is 0 Å². The van der Waals surface area contributed by atoms with Crippen LogP contribution in [-0.2, 0) is 11.3 Å². The number of ether oxygens (including phenoxy) is 1. The molecule has 1 heterocycles. The van der Waals surface area contributed by atoms with Gasteiger partial charge < -0.3 is 15.0 Å². The molecule has 0 aromatic heterocycles. The van der Waals surface area contributed by atoms with E-state index in [9.17, 15) is 18.8 Å². The van der Waals surface area contributed by atoms with Gasteiger partial charge in [-0.15, -0.1) is 0 Å². The van der Waals surface area contributed by atoms with Crippen LogP contribution in [0, 0.1) is 5.82 Å². The molecule has 0 aliphatic carbocycles. The zero-order chi connectivity index (χ0) is 20.1. The Morgan fingerprint density at radius 1 is 1.18 bits per heavy atom. The first-order valence-corrected chi connectivity index (χ1v) is 8.76. The molecule has 1 aliphatic heterocycles. The summed E-state index contributed by atoms with van der Waals surface area (Å²) < 4.78 is 19.0. The Morgan fingerprint density at radius 2 is 1.89 bits per heavy atom. The molecular weight excluding hydrogens is 365 g/mol. The van der Waals surface area contributed by atoms with Gasteiger partial charge in [-0.1, -0.05) is 30.3 Å². The minimum absolute atomic E-state index is 0.0200. The zero-order valence-corrected chi connectivity index (χ0v) is 15.4. The predicted molar refractivity (Wildman–Crippen MR) is 99.2 cm³/mol. The van der Waals surface area contributed by atoms with E-state index in [1.54, 1.807) is 43.4 Å². The van der Waals surface area contributed by atoms with Gasteiger partial charge in [-0.2, -0.15) is 0 Å². The molecular formula is C20H20FN3O4. The van der Waals surface area contributed by atoms with Crippen molar-refractivity contribution in [2.45, 2.75) is 6.54 Å². The summed E-state index contributed by atoms with van der Waals surface area (Å²) in [5.74, 6) is -0.948. The number of amides is 4. The minimum Gasteiger partial charge on any atom is -0.489 e. The molecule has 2 aromatic carbocycles. The number of nitrogens with zero attached hydrogens (tertiary/aromatic N) is 2. The molecule has 0 unspecified atom stereocenters. The monoisotopic (exact) mass is 385 g/mol. The van der Waals surface area contributed by atoms with Gasteiger partial charge in [0, 0.05) is 12.6 Å². The van der Waals surface area contributed by atoms with E-state index in [-0.39, 0.29) is 43.8 Å². The summed E-state index contributed by atoms with van der Waals surface area (Å²) in [5, 5.41) is 2.45. The topological polar surface area (TPSA) is 79.0 Å². The number of rotatable bonds is 7. The fraction of sp³-hybridized carbons (Fsp3) is 0.250. The van der Waals surface area contributed by atoms with Crippen molar-refractivity contribution >= 4 is 17.8 Å². The van der Waals surface area contributed by atoms with Gasteiger partial charge in [0.05, 0.1) is 19.6 Å². The van der Waals surface area contributed by atoms with Crippen molar-refractivity contribution in [3.8, 4) is 5.75 Å². The van der Waals surface area contributed by atoms with Crippen molar-refractivity contribution < 1.29 is 23.5 Å². The van der Waals surface area contributed by atoms with E-state index < -0.39 is 11.8 Å². The maximum Gasteiger partial charge on any atom is 0.324 e. The van der Waals surface area contributed by atoms with Crippen LogP contribution in [0.5, 0.6) is 5.75 Å². The van der Waals surface area contributed by atoms with Crippen LogP contribution in [0.3, 0.4) is 0 Å². The number of benzene rings is 2. The summed E-state index contributed by atoms with van der Waals surface area (Å²) in [6.45, 7) is 0.345. The first-order chi connectivity index (χ1) is 13.5. The van der Waals surface area contributed by atoms with Gasteiger partial charge in [-0.3, -0.25) is 14.5 Å². The predicted octanol–water partition coefficient (Wildman–Crippen LogP) is 2.03. The third kappa shape index (κ3) is 4.28. The molecule has 3 rings (SSSR count). The smallest absolute Gasteiger partial charge is 0.324 e. The van der Waals surface area contributed by atoms with E-state index in [4.69, 9.17) is 4.74 Å². The second-order valence-electron chi connectivity index (χ2n) is 6.30. The summed E-state index contributed by atoms with van der Waals surface area (Å²) in [5.41, 5.74) is 0.961. The molecule has 146 valence electrons. The number of carbonyl (C=O) groups excluding carboxylic acids is 3. The van der Waals surface area contributed by atoms with Crippen LogP contribution >= 0.6 is 0 Å². The average molecular weight is 385 g/mol. The quantitative estimate of drug-likeness (QED) is 0.740. The number of imide groups is 1. The number of likely N-dealkylation sites (N-methyl/N-ethyl adjacent to an activating group) is 1. The highest BCUT2D eigenvalue weighted by Gasteiger charge is 2.29. The normalized spacial score (nSPS) is 13.4. The van der Waals surface area contributed by atoms with Crippen LogP contribution in [0.4, 0.5) is 9.18 Å². The van der Waals surface area contributed by atoms with E-state index in [1.165, 1.54) is 17.0 Å². The second-order valence-corrected chi connectivity index (χ2v) is 6.30. The largest absolute Gasteiger partial charge is 0.489 e. The molecule has 1 fully saturated rings. The summed E-state index contributed by atoms with van der Waals surface area (Å²) in [6, 6.07) is 12.4. The molecule has 1 aliphatic rings. The van der Waals surface area contributed by atoms with Gasteiger partial charge in [0.15, 0.2) is 11.6 Å². The van der Waals surface area contributed by atoms with E-state index in [0.29, 0.717) is 11.1 Å². The molecule has 2 aromatic rings. The summed E-state index contributed by atoms with van der Waals surface area (Å²) in [7, 11) is 1.61. The highest BCUT2D eigenvalue weighted by atomic mass is 19.1. The fourth-order valence-electron chi connectivity index (χ4n) is 2.81. The third-order valence-electron chi connectivity index (χ3n) is 4.38. The van der Waals surface area contributed by atoms with Gasteiger partial charge in [-0.25, -0.2) is 9.18 Å². The molecule has 0 saturated carbocycles. The lowest BCUT2D eigenvalue weighted by Gasteiger charge is -2.20. The Morgan fingerprint density at radius 3 is 2.61 bits per heavy atom. The van der Waals surface area contributed by atoms with Crippen molar-refractivity contribution in [1.82, 2.24) is 15.1 Å². The third-order valence-corrected chi connectivity index (χ3v) is 4.38. The van der Waals surface area contributed by atoms with Crippen LogP contribution in [0.1, 0.15) is 15.9 Å². The lowest BCUT2D eigenvalue weighted by atomic mass is 10.1. The van der Waals surface area contributed by atoms with Gasteiger partial charge >= 0.3 is 6.03 Å². The molecule has 7 nitrogen and oxygen atoms in total. The molecule has 0 radical (unpaired) electrons. The Bertz CT molecular complexity index is 887. The average Bonchev–Trinajstić information content (AvgIpc) is 3.01. The zero-order valence-electron chi connectivity index (χ0n) is 15.4. The van der Waals surface area contributed by atoms with Gasteiger partial charge in [0.25, 0.3) is 5.91 Å². The van der Waals surface area contributed by atoms with Crippen molar-refractivity contribution in [3.63, 3.8) is 0 Å². The molecule has 28 heavy (non-hydrogen) atoms. The van der Waals surface area contributed by atoms with Crippen molar-refractivity contribution in [3.05, 3.63) is 65.5 Å². The second kappa shape index (κ2) is 8.51. The summed E-state index contributed by atoms with van der Waals surface area (Å²) in [6.07, 6.45) is 0. The van der Waals surface area contributed by atoms with E-state index >= 15 is 0 Å². The maximum atomic E-state index is 13.6. The Hall–Kier alpha value is -3.42. The van der Waals surface area contributed by atoms with Gasteiger partial charge in [-0.05, 0) is 23.8 Å². The van der Waals surface area contributed by atoms with Crippen molar-refractivity contribution in [2.75, 3.05) is 26.7 Å². The fourth-order valence-corrected chi connectivity index (χ4v) is 2.81. The van der Waals surface area contributed by atoms with Crippen LogP contribution in [0.2, 0.25) is 0 Å². The highest BCUT2D eigenvalue weighted by Crippen LogP contribution is 2.17. The van der Waals surface area contributed by atoms with Crippen molar-refractivity contribution in [1.29, 1.82) is 0 Å². The number of hydrogen-bond donors (Lipinski definition) is 1. The molecule has 8 heteroatoms. The van der Waals surface area contributed by atoms with Crippen molar-refractivity contribution in [2.24, 2.45) is 0 Å². The number of halogens is 1. The number of hydrogen-bond acceptors (Lipinski definition) is 4. The summed E-state index contributed by atoms with van der Waals surface area (Å²) >= 11 is 0. The number of nitrogens with one attached hydrogen (secondary N) is 1. The lowest BCUT2D eigenvalue weighted by molar-refractivity contribution is -0.125. The molecule has 0 bridgehead atoms. The molecule has 0 spiro atoms. The lowest BCUT2D eigenvalue weighted by Crippen LogP contribution is -2.34. The summed E-state index contributed by atoms with van der Waals surface area (Å²) in [4.78, 5) is 38.9. The molecule has 1 N–H and O–H groups in total. The minimum atomic E-state index is -0.473. The van der Waals surface area contributed by atoms with Crippen LogP contribution in [-0.4, -0.2) is 54.4 Å². The first kappa shape index (κ1) is 19.3. The molecule has 0 atom stereocenters. The van der Waals surface area contributed by atoms with Crippen LogP contribution < -0.4 is 10.1 Å². The number of para-hydroxylation sites is 1. The number of carbonyl (C=O) groups is 3. The van der Waals surface area contributed by atoms with E-state index in [2.05, 4.69) is 5.32 Å². The Kier molecular flexibility index (Phi) is 5.88. The van der Waals surface area contributed by atoms with E-state index in [0.717, 1.165) is 4.90 Å². The molecule has 1 saturated heterocycles. The van der Waals surface area contributed by atoms with Gasteiger partial charge in [0.2, 0.25) is 5.91 Å². The number of urea groups is 1. The van der Waals surface area contributed by atoms with Crippen LogP contribution in [0.15, 0.2) is 48.5 Å². The SMILES string of the molecule is CN(CCOc1ccccc1F)C(=O)c1ccccc1CN1C(=O)CNC1=O. The Balaban J connectivity index is 1.64. The highest BCUT2D eigenvalue weighted by molar-refractivity contribution is 6.02. The standard InChI is InChI=1S/C20H20FN3O4/c1-23(10-11-28-17-9-5-4-8-16(17)21)19(26)15-7-3-2-6-14(15)13-24-18(25)12-22-20(24)27/h2-9H,10-13H2,1H3,(H,22,27). The first-order valence-electron chi connectivity index (χ1n) is 8.76. The van der Waals surface area contributed by atoms with Gasteiger partial charge in [0.1, 0.15) is 6.61 Å². The Labute approximate surface area is 161 Å². The van der Waals surface area contributed by atoms with Crippen LogP contribution in [0.25, 0.3) is 0 Å². The maximum absolute atomic E-state index is 13.6.